The molecule has 0 saturated heterocycles. The first kappa shape index (κ1) is 13.2. The molecule has 1 rings (SSSR count). The van der Waals surface area contributed by atoms with Crippen LogP contribution in [0.15, 0.2) is 12.3 Å². The van der Waals surface area contributed by atoms with Crippen molar-refractivity contribution < 1.29 is 4.74 Å². The maximum atomic E-state index is 5.58. The molecule has 0 unspecified atom stereocenters. The maximum Gasteiger partial charge on any atom is 0.0589 e. The van der Waals surface area contributed by atoms with Gasteiger partial charge in [-0.05, 0) is 6.07 Å². The van der Waals surface area contributed by atoms with Gasteiger partial charge < -0.3 is 10.5 Å². The maximum absolute atomic E-state index is 5.58. The van der Waals surface area contributed by atoms with Gasteiger partial charge in [-0.1, -0.05) is 0 Å². The van der Waals surface area contributed by atoms with E-state index in [9.17, 15) is 0 Å². The first-order valence-electron chi connectivity index (χ1n) is 5.66. The molecule has 0 aliphatic heterocycles. The van der Waals surface area contributed by atoms with Gasteiger partial charge in [0.25, 0.3) is 0 Å². The van der Waals surface area contributed by atoms with Crippen molar-refractivity contribution in [2.75, 3.05) is 39.9 Å². The lowest BCUT2D eigenvalue weighted by molar-refractivity contribution is 0.150. The van der Waals surface area contributed by atoms with Crippen molar-refractivity contribution in [2.45, 2.75) is 6.42 Å². The van der Waals surface area contributed by atoms with Gasteiger partial charge in [-0.25, -0.2) is 0 Å². The van der Waals surface area contributed by atoms with Gasteiger partial charge in [-0.3, -0.25) is 9.58 Å². The van der Waals surface area contributed by atoms with E-state index in [1.807, 2.05) is 17.9 Å². The topological polar surface area (TPSA) is 56.3 Å². The highest BCUT2D eigenvalue weighted by Gasteiger charge is 2.05. The summed E-state index contributed by atoms with van der Waals surface area (Å²) in [5.41, 5.74) is 6.83. The molecule has 0 aliphatic rings. The van der Waals surface area contributed by atoms with Crippen LogP contribution in [-0.4, -0.2) is 54.6 Å². The molecule has 0 atom stereocenters. The smallest absolute Gasteiger partial charge is 0.0589 e. The van der Waals surface area contributed by atoms with E-state index in [1.165, 1.54) is 5.69 Å². The van der Waals surface area contributed by atoms with Gasteiger partial charge in [-0.2, -0.15) is 5.10 Å². The summed E-state index contributed by atoms with van der Waals surface area (Å²) in [6, 6.07) is 2.05. The van der Waals surface area contributed by atoms with Crippen LogP contribution in [-0.2, 0) is 18.2 Å². The van der Waals surface area contributed by atoms with Gasteiger partial charge in [0.05, 0.1) is 6.61 Å². The minimum Gasteiger partial charge on any atom is -0.383 e. The summed E-state index contributed by atoms with van der Waals surface area (Å²) >= 11 is 0. The highest BCUT2D eigenvalue weighted by Crippen LogP contribution is 1.99. The Bertz CT molecular complexity index is 287. The molecule has 0 fully saturated rings. The average molecular weight is 226 g/mol. The molecule has 0 radical (unpaired) electrons. The number of hydrogen-bond acceptors (Lipinski definition) is 4. The lowest BCUT2D eigenvalue weighted by Gasteiger charge is -2.20. The van der Waals surface area contributed by atoms with Crippen molar-refractivity contribution in [3.05, 3.63) is 18.0 Å². The van der Waals surface area contributed by atoms with E-state index in [-0.39, 0.29) is 0 Å². The van der Waals surface area contributed by atoms with Crippen LogP contribution in [0.5, 0.6) is 0 Å². The molecule has 1 aromatic rings. The fraction of sp³-hybridized carbons (Fsp3) is 0.727. The fourth-order valence-electron chi connectivity index (χ4n) is 1.66. The average Bonchev–Trinajstić information content (AvgIpc) is 2.68. The fourth-order valence-corrected chi connectivity index (χ4v) is 1.66. The Labute approximate surface area is 97.2 Å². The van der Waals surface area contributed by atoms with Crippen molar-refractivity contribution in [3.8, 4) is 0 Å². The van der Waals surface area contributed by atoms with Gasteiger partial charge in [0.15, 0.2) is 0 Å². The Balaban J connectivity index is 2.34. The minimum absolute atomic E-state index is 0.690. The van der Waals surface area contributed by atoms with Crippen LogP contribution in [0, 0.1) is 0 Å². The zero-order valence-electron chi connectivity index (χ0n) is 10.2. The third-order valence-corrected chi connectivity index (χ3v) is 2.66. The van der Waals surface area contributed by atoms with Crippen LogP contribution < -0.4 is 5.73 Å². The van der Waals surface area contributed by atoms with Gasteiger partial charge in [0, 0.05) is 58.6 Å². The molecule has 5 heteroatoms. The molecule has 0 aromatic carbocycles. The van der Waals surface area contributed by atoms with Crippen molar-refractivity contribution in [3.63, 3.8) is 0 Å². The Kier molecular flexibility index (Phi) is 6.07. The van der Waals surface area contributed by atoms with Crippen LogP contribution in [0.25, 0.3) is 0 Å². The summed E-state index contributed by atoms with van der Waals surface area (Å²) in [4.78, 5) is 2.32. The molecule has 0 amide bonds. The molecular formula is C11H22N4O. The minimum atomic E-state index is 0.690. The summed E-state index contributed by atoms with van der Waals surface area (Å²) in [5, 5.41) is 4.15. The second-order valence-electron chi connectivity index (χ2n) is 3.82. The Hall–Kier alpha value is -0.910. The van der Waals surface area contributed by atoms with E-state index in [2.05, 4.69) is 16.1 Å². The number of hydrogen-bond donors (Lipinski definition) is 1. The van der Waals surface area contributed by atoms with Crippen LogP contribution in [0.2, 0.25) is 0 Å². The number of nitrogens with zero attached hydrogens (tertiary/aromatic N) is 3. The largest absolute Gasteiger partial charge is 0.383 e. The summed E-state index contributed by atoms with van der Waals surface area (Å²) < 4.78 is 6.99. The third kappa shape index (κ3) is 4.30. The van der Waals surface area contributed by atoms with Crippen LogP contribution in [0.4, 0.5) is 0 Å². The number of nitrogens with two attached hydrogens (primary N) is 1. The normalized spacial score (nSPS) is 11.2. The quantitative estimate of drug-likeness (QED) is 0.671. The van der Waals surface area contributed by atoms with E-state index < -0.39 is 0 Å². The molecule has 0 bridgehead atoms. The van der Waals surface area contributed by atoms with E-state index in [0.29, 0.717) is 6.54 Å². The molecule has 1 heterocycles. The number of aryl methyl sites for hydroxylation is 1. The number of aromatic nitrogens is 2. The Morgan fingerprint density at radius 1 is 1.44 bits per heavy atom. The SMILES string of the molecule is COCCN(CCN)CCc1ccnn1C. The molecular weight excluding hydrogens is 204 g/mol. The van der Waals surface area contributed by atoms with E-state index >= 15 is 0 Å². The van der Waals surface area contributed by atoms with Gasteiger partial charge in [-0.15, -0.1) is 0 Å². The summed E-state index contributed by atoms with van der Waals surface area (Å²) in [5.74, 6) is 0. The van der Waals surface area contributed by atoms with Crippen molar-refractivity contribution in [1.82, 2.24) is 14.7 Å². The highest BCUT2D eigenvalue weighted by molar-refractivity contribution is 5.00. The van der Waals surface area contributed by atoms with Crippen LogP contribution in [0.1, 0.15) is 5.69 Å². The van der Waals surface area contributed by atoms with E-state index in [4.69, 9.17) is 10.5 Å². The predicted octanol–water partition coefficient (Wildman–Crippen LogP) is -0.130. The first-order chi connectivity index (χ1) is 7.77. The van der Waals surface area contributed by atoms with Crippen LogP contribution >= 0.6 is 0 Å². The lowest BCUT2D eigenvalue weighted by atomic mass is 10.3. The predicted molar refractivity (Wildman–Crippen MR) is 64.3 cm³/mol. The zero-order valence-corrected chi connectivity index (χ0v) is 10.2. The molecule has 92 valence electrons. The van der Waals surface area contributed by atoms with Gasteiger partial charge in [0.1, 0.15) is 0 Å². The molecule has 0 spiro atoms. The number of rotatable bonds is 8. The van der Waals surface area contributed by atoms with E-state index in [0.717, 1.165) is 32.7 Å². The summed E-state index contributed by atoms with van der Waals surface area (Å²) in [6.45, 7) is 4.30. The van der Waals surface area contributed by atoms with Crippen molar-refractivity contribution in [1.29, 1.82) is 0 Å². The molecule has 2 N–H and O–H groups in total. The first-order valence-corrected chi connectivity index (χ1v) is 5.66. The summed E-state index contributed by atoms with van der Waals surface area (Å²) in [7, 11) is 3.69. The standard InChI is InChI=1S/C11H22N4O/c1-14-11(3-6-13-14)4-7-15(8-5-12)9-10-16-2/h3,6H,4-5,7-10,12H2,1-2H3. The van der Waals surface area contributed by atoms with Gasteiger partial charge in [0.2, 0.25) is 0 Å². The molecule has 16 heavy (non-hydrogen) atoms. The Morgan fingerprint density at radius 2 is 2.25 bits per heavy atom. The van der Waals surface area contributed by atoms with Crippen LogP contribution in [0.3, 0.4) is 0 Å². The lowest BCUT2D eigenvalue weighted by Crippen LogP contribution is -2.34. The third-order valence-electron chi connectivity index (χ3n) is 2.66. The van der Waals surface area contributed by atoms with Gasteiger partial charge >= 0.3 is 0 Å². The van der Waals surface area contributed by atoms with E-state index in [1.54, 1.807) is 7.11 Å². The second kappa shape index (κ2) is 7.38. The number of ether oxygens (including phenoxy) is 1. The molecule has 1 aromatic heterocycles. The molecule has 0 aliphatic carbocycles. The summed E-state index contributed by atoms with van der Waals surface area (Å²) in [6.07, 6.45) is 2.83. The molecule has 5 nitrogen and oxygen atoms in total. The van der Waals surface area contributed by atoms with Crippen molar-refractivity contribution >= 4 is 0 Å². The second-order valence-corrected chi connectivity index (χ2v) is 3.82. The highest BCUT2D eigenvalue weighted by atomic mass is 16.5. The zero-order chi connectivity index (χ0) is 11.8. The Morgan fingerprint density at radius 3 is 2.81 bits per heavy atom. The number of methoxy groups -OCH3 is 1. The molecule has 0 saturated carbocycles. The van der Waals surface area contributed by atoms with Crippen molar-refractivity contribution in [2.24, 2.45) is 12.8 Å². The monoisotopic (exact) mass is 226 g/mol.